The van der Waals surface area contributed by atoms with Crippen LogP contribution in [0.2, 0.25) is 0 Å². The van der Waals surface area contributed by atoms with Gasteiger partial charge < -0.3 is 10.2 Å². The Hall–Kier alpha value is -1.35. The normalized spacial score (nSPS) is 26.2. The van der Waals surface area contributed by atoms with Crippen molar-refractivity contribution in [1.82, 2.24) is 10.2 Å². The first-order chi connectivity index (χ1) is 8.50. The predicted molar refractivity (Wildman–Crippen MR) is 73.6 cm³/mol. The molecule has 1 aliphatic carbocycles. The first-order valence-corrected chi connectivity index (χ1v) is 6.44. The molecule has 1 amide bonds. The van der Waals surface area contributed by atoms with Gasteiger partial charge in [-0.25, -0.2) is 0 Å². The Bertz CT molecular complexity index is 438. The van der Waals surface area contributed by atoms with Gasteiger partial charge in [-0.15, -0.1) is 0 Å². The van der Waals surface area contributed by atoms with E-state index >= 15 is 0 Å². The van der Waals surface area contributed by atoms with E-state index in [0.29, 0.717) is 5.92 Å². The van der Waals surface area contributed by atoms with Gasteiger partial charge in [0.05, 0.1) is 5.41 Å². The van der Waals surface area contributed by atoms with E-state index in [9.17, 15) is 4.79 Å². The summed E-state index contributed by atoms with van der Waals surface area (Å²) in [6.45, 7) is 3.03. The average molecular weight is 246 g/mol. The highest BCUT2D eigenvalue weighted by atomic mass is 16.2. The summed E-state index contributed by atoms with van der Waals surface area (Å²) in [5.41, 5.74) is 2.09. The zero-order valence-electron chi connectivity index (χ0n) is 11.7. The van der Waals surface area contributed by atoms with Crippen LogP contribution in [-0.2, 0) is 10.2 Å². The third-order valence-corrected chi connectivity index (χ3v) is 3.89. The molecule has 0 spiro atoms. The zero-order chi connectivity index (χ0) is 13.3. The van der Waals surface area contributed by atoms with Crippen LogP contribution < -0.4 is 5.32 Å². The van der Waals surface area contributed by atoms with Gasteiger partial charge in [0.2, 0.25) is 5.91 Å². The van der Waals surface area contributed by atoms with Crippen molar-refractivity contribution in [3.63, 3.8) is 0 Å². The number of carbonyl (C=O) groups is 1. The molecule has 2 unspecified atom stereocenters. The summed E-state index contributed by atoms with van der Waals surface area (Å²) < 4.78 is 0. The molecule has 98 valence electrons. The van der Waals surface area contributed by atoms with Crippen molar-refractivity contribution in [2.24, 2.45) is 5.92 Å². The Balaban J connectivity index is 2.28. The molecule has 3 nitrogen and oxygen atoms in total. The average Bonchev–Trinajstić information content (AvgIpc) is 3.03. The molecule has 1 N–H and O–H groups in total. The van der Waals surface area contributed by atoms with Gasteiger partial charge in [-0.2, -0.15) is 0 Å². The molecule has 1 aromatic carbocycles. The molecule has 0 aromatic heterocycles. The van der Waals surface area contributed by atoms with Crippen molar-refractivity contribution >= 4 is 5.91 Å². The van der Waals surface area contributed by atoms with Crippen LogP contribution in [0.5, 0.6) is 0 Å². The van der Waals surface area contributed by atoms with Gasteiger partial charge >= 0.3 is 0 Å². The lowest BCUT2D eigenvalue weighted by molar-refractivity contribution is -0.123. The maximum atomic E-state index is 12.2. The lowest BCUT2D eigenvalue weighted by atomic mass is 9.91. The lowest BCUT2D eigenvalue weighted by Crippen LogP contribution is -2.35. The van der Waals surface area contributed by atoms with Gasteiger partial charge in [0.15, 0.2) is 0 Å². The van der Waals surface area contributed by atoms with Crippen molar-refractivity contribution in [1.29, 1.82) is 0 Å². The van der Waals surface area contributed by atoms with E-state index in [4.69, 9.17) is 0 Å². The highest BCUT2D eigenvalue weighted by Gasteiger charge is 2.60. The number of benzene rings is 1. The van der Waals surface area contributed by atoms with Crippen LogP contribution in [0, 0.1) is 12.8 Å². The van der Waals surface area contributed by atoms with Crippen LogP contribution in [0.3, 0.4) is 0 Å². The van der Waals surface area contributed by atoms with E-state index < -0.39 is 0 Å². The molecule has 1 aliphatic rings. The predicted octanol–water partition coefficient (Wildman–Crippen LogP) is 1.56. The largest absolute Gasteiger partial charge is 0.358 e. The van der Waals surface area contributed by atoms with Gasteiger partial charge in [-0.1, -0.05) is 29.8 Å². The maximum absolute atomic E-state index is 12.2. The topological polar surface area (TPSA) is 32.3 Å². The van der Waals surface area contributed by atoms with Crippen LogP contribution in [-0.4, -0.2) is 38.5 Å². The van der Waals surface area contributed by atoms with Crippen LogP contribution in [0.25, 0.3) is 0 Å². The minimum atomic E-state index is -0.299. The van der Waals surface area contributed by atoms with E-state index in [-0.39, 0.29) is 11.3 Å². The molecule has 0 radical (unpaired) electrons. The van der Waals surface area contributed by atoms with E-state index in [1.54, 1.807) is 7.05 Å². The van der Waals surface area contributed by atoms with Crippen LogP contribution >= 0.6 is 0 Å². The summed E-state index contributed by atoms with van der Waals surface area (Å²) in [7, 11) is 5.84. The molecule has 1 saturated carbocycles. The van der Waals surface area contributed by atoms with Gasteiger partial charge in [-0.3, -0.25) is 4.79 Å². The molecule has 3 heteroatoms. The summed E-state index contributed by atoms with van der Waals surface area (Å²) >= 11 is 0. The summed E-state index contributed by atoms with van der Waals surface area (Å²) in [5, 5.41) is 2.83. The number of carbonyl (C=O) groups excluding carboxylic acids is 1. The van der Waals surface area contributed by atoms with Crippen molar-refractivity contribution in [3.05, 3.63) is 35.4 Å². The lowest BCUT2D eigenvalue weighted by Gasteiger charge is -2.18. The molecule has 1 aromatic rings. The summed E-state index contributed by atoms with van der Waals surface area (Å²) in [4.78, 5) is 14.4. The number of hydrogen-bond donors (Lipinski definition) is 1. The Morgan fingerprint density at radius 1 is 1.39 bits per heavy atom. The first kappa shape index (κ1) is 13.1. The first-order valence-electron chi connectivity index (χ1n) is 6.44. The monoisotopic (exact) mass is 246 g/mol. The molecule has 0 heterocycles. The Labute approximate surface area is 109 Å². The third kappa shape index (κ3) is 2.15. The standard InChI is InChI=1S/C15H22N2O/c1-11-5-7-12(8-6-11)15(14(18)16-2)9-13(15)10-17(3)4/h5-8,13H,9-10H2,1-4H3,(H,16,18). The van der Waals surface area contributed by atoms with Gasteiger partial charge in [0, 0.05) is 13.6 Å². The number of hydrogen-bond acceptors (Lipinski definition) is 2. The summed E-state index contributed by atoms with van der Waals surface area (Å²) in [6.07, 6.45) is 0.952. The quantitative estimate of drug-likeness (QED) is 0.874. The smallest absolute Gasteiger partial charge is 0.230 e. The highest BCUT2D eigenvalue weighted by Crippen LogP contribution is 2.54. The van der Waals surface area contributed by atoms with Crippen molar-refractivity contribution in [3.8, 4) is 0 Å². The molecule has 1 fully saturated rings. The minimum Gasteiger partial charge on any atom is -0.358 e. The summed E-state index contributed by atoms with van der Waals surface area (Å²) in [5.74, 6) is 0.577. The third-order valence-electron chi connectivity index (χ3n) is 3.89. The molecule has 18 heavy (non-hydrogen) atoms. The van der Waals surface area contributed by atoms with E-state index in [0.717, 1.165) is 18.5 Å². The van der Waals surface area contributed by atoms with Crippen LogP contribution in [0.15, 0.2) is 24.3 Å². The minimum absolute atomic E-state index is 0.151. The second-order valence-electron chi connectivity index (χ2n) is 5.58. The fraction of sp³-hybridized carbons (Fsp3) is 0.533. The number of nitrogens with zero attached hydrogens (tertiary/aromatic N) is 1. The van der Waals surface area contributed by atoms with Gasteiger partial charge in [0.1, 0.15) is 0 Å². The van der Waals surface area contributed by atoms with Crippen molar-refractivity contribution in [2.45, 2.75) is 18.8 Å². The van der Waals surface area contributed by atoms with Crippen LogP contribution in [0.1, 0.15) is 17.5 Å². The van der Waals surface area contributed by atoms with Gasteiger partial charge in [-0.05, 0) is 38.9 Å². The van der Waals surface area contributed by atoms with Gasteiger partial charge in [0.25, 0.3) is 0 Å². The zero-order valence-corrected chi connectivity index (χ0v) is 11.7. The molecule has 2 atom stereocenters. The van der Waals surface area contributed by atoms with E-state index in [1.807, 2.05) is 0 Å². The highest BCUT2D eigenvalue weighted by molar-refractivity contribution is 5.91. The SMILES string of the molecule is CNC(=O)C1(c2ccc(C)cc2)CC1CN(C)C. The molecule has 0 bridgehead atoms. The van der Waals surface area contributed by atoms with E-state index in [2.05, 4.69) is 55.5 Å². The summed E-state index contributed by atoms with van der Waals surface area (Å²) in [6, 6.07) is 8.37. The second kappa shape index (κ2) is 4.73. The number of rotatable bonds is 4. The maximum Gasteiger partial charge on any atom is 0.230 e. The number of likely N-dealkylation sites (N-methyl/N-ethyl adjacent to an activating group) is 1. The molecule has 0 aliphatic heterocycles. The Morgan fingerprint density at radius 3 is 2.50 bits per heavy atom. The van der Waals surface area contributed by atoms with Crippen molar-refractivity contribution < 1.29 is 4.79 Å². The molecule has 0 saturated heterocycles. The fourth-order valence-corrected chi connectivity index (χ4v) is 2.83. The molecular weight excluding hydrogens is 224 g/mol. The number of amides is 1. The van der Waals surface area contributed by atoms with E-state index in [1.165, 1.54) is 5.56 Å². The molecular formula is C15H22N2O. The molecule has 2 rings (SSSR count). The number of aryl methyl sites for hydroxylation is 1. The van der Waals surface area contributed by atoms with Crippen molar-refractivity contribution in [2.75, 3.05) is 27.7 Å². The Morgan fingerprint density at radius 2 is 2.00 bits per heavy atom. The Kier molecular flexibility index (Phi) is 3.44. The fourth-order valence-electron chi connectivity index (χ4n) is 2.83. The number of nitrogens with one attached hydrogen (secondary N) is 1. The second-order valence-corrected chi connectivity index (χ2v) is 5.58. The van der Waals surface area contributed by atoms with Crippen LogP contribution in [0.4, 0.5) is 0 Å².